The van der Waals surface area contributed by atoms with Crippen LogP contribution < -0.4 is 5.56 Å². The molecule has 0 atom stereocenters. The molecule has 0 aliphatic heterocycles. The average Bonchev–Trinajstić information content (AvgIpc) is 3.37. The minimum atomic E-state index is -0.335. The molecule has 0 unspecified atom stereocenters. The van der Waals surface area contributed by atoms with Gasteiger partial charge in [0.1, 0.15) is 5.82 Å². The van der Waals surface area contributed by atoms with Crippen LogP contribution in [0, 0.1) is 5.82 Å². The van der Waals surface area contributed by atoms with Crippen molar-refractivity contribution in [1.82, 2.24) is 9.78 Å². The molecule has 1 aliphatic carbocycles. The lowest BCUT2D eigenvalue weighted by molar-refractivity contribution is 0.627. The molecule has 0 saturated heterocycles. The third kappa shape index (κ3) is 3.05. The summed E-state index contributed by atoms with van der Waals surface area (Å²) in [5, 5.41) is 3.18. The topological polar surface area (TPSA) is 50.1 Å². The Balaban J connectivity index is 1.91. The molecule has 1 aliphatic rings. The van der Waals surface area contributed by atoms with Gasteiger partial charge in [0.05, 0.1) is 23.0 Å². The first-order chi connectivity index (χ1) is 12.1. The molecule has 4 nitrogen and oxygen atoms in total. The zero-order valence-corrected chi connectivity index (χ0v) is 13.9. The maximum absolute atomic E-state index is 13.2. The number of hydrogen-bond donors (Lipinski definition) is 1. The molecule has 3 aromatic rings. The fraction of sp³-hybridized carbons (Fsp3) is 0.200. The minimum Gasteiger partial charge on any atom is -0.290 e. The van der Waals surface area contributed by atoms with Crippen LogP contribution in [0.1, 0.15) is 25.3 Å². The van der Waals surface area contributed by atoms with Crippen LogP contribution in [0.15, 0.2) is 64.4 Å². The van der Waals surface area contributed by atoms with E-state index >= 15 is 0 Å². The van der Waals surface area contributed by atoms with Gasteiger partial charge in [-0.25, -0.2) is 9.07 Å². The lowest BCUT2D eigenvalue weighted by Gasteiger charge is -2.03. The second-order valence-electron chi connectivity index (χ2n) is 6.29. The number of nitrogens with one attached hydrogen (secondary N) is 1. The maximum atomic E-state index is 13.2. The molecule has 1 aromatic heterocycles. The Hall–Kier alpha value is -2.95. The highest BCUT2D eigenvalue weighted by Crippen LogP contribution is 2.26. The normalized spacial score (nSPS) is 14.7. The van der Waals surface area contributed by atoms with Gasteiger partial charge in [-0.15, -0.1) is 0 Å². The predicted molar refractivity (Wildman–Crippen MR) is 97.0 cm³/mol. The molecule has 0 amide bonds. The van der Waals surface area contributed by atoms with Gasteiger partial charge in [-0.2, -0.15) is 0 Å². The molecule has 126 valence electrons. The summed E-state index contributed by atoms with van der Waals surface area (Å²) in [4.78, 5) is 17.7. The van der Waals surface area contributed by atoms with Crippen molar-refractivity contribution < 1.29 is 4.39 Å². The van der Waals surface area contributed by atoms with Crippen molar-refractivity contribution in [1.29, 1.82) is 0 Å². The SMILES string of the molecule is CC(=NC1CC1)c1c(-c2ccccc2)[nH]n(-c2ccc(F)cc2)c1=O. The summed E-state index contributed by atoms with van der Waals surface area (Å²) >= 11 is 0. The van der Waals surface area contributed by atoms with Crippen LogP contribution in [0.25, 0.3) is 16.9 Å². The van der Waals surface area contributed by atoms with E-state index in [1.54, 1.807) is 12.1 Å². The van der Waals surface area contributed by atoms with Crippen LogP contribution in [0.3, 0.4) is 0 Å². The molecule has 1 N–H and O–H groups in total. The van der Waals surface area contributed by atoms with Gasteiger partial charge < -0.3 is 0 Å². The van der Waals surface area contributed by atoms with Crippen molar-refractivity contribution in [3.8, 4) is 16.9 Å². The molecule has 0 bridgehead atoms. The molecule has 1 heterocycles. The van der Waals surface area contributed by atoms with E-state index < -0.39 is 0 Å². The first kappa shape index (κ1) is 15.6. The highest BCUT2D eigenvalue weighted by molar-refractivity contribution is 6.03. The summed E-state index contributed by atoms with van der Waals surface area (Å²) in [5.74, 6) is -0.335. The lowest BCUT2D eigenvalue weighted by atomic mass is 10.1. The van der Waals surface area contributed by atoms with Crippen LogP contribution in [-0.4, -0.2) is 21.5 Å². The monoisotopic (exact) mass is 335 g/mol. The number of halogens is 1. The number of aromatic amines is 1. The molecular weight excluding hydrogens is 317 g/mol. The Kier molecular flexibility index (Phi) is 3.84. The first-order valence-electron chi connectivity index (χ1n) is 8.34. The second-order valence-corrected chi connectivity index (χ2v) is 6.29. The van der Waals surface area contributed by atoms with Crippen molar-refractivity contribution in [2.45, 2.75) is 25.8 Å². The smallest absolute Gasteiger partial charge is 0.280 e. The Morgan fingerprint density at radius 2 is 1.80 bits per heavy atom. The van der Waals surface area contributed by atoms with Gasteiger partial charge in [0.2, 0.25) is 0 Å². The number of H-pyrrole nitrogens is 1. The molecule has 1 saturated carbocycles. The Bertz CT molecular complexity index is 980. The second kappa shape index (κ2) is 6.16. The van der Waals surface area contributed by atoms with Crippen LogP contribution in [0.5, 0.6) is 0 Å². The summed E-state index contributed by atoms with van der Waals surface area (Å²) in [5.41, 5.74) is 3.38. The minimum absolute atomic E-state index is 0.174. The van der Waals surface area contributed by atoms with Gasteiger partial charge in [0.25, 0.3) is 5.56 Å². The zero-order valence-electron chi connectivity index (χ0n) is 13.9. The molecule has 25 heavy (non-hydrogen) atoms. The van der Waals surface area contributed by atoms with E-state index in [9.17, 15) is 9.18 Å². The summed E-state index contributed by atoms with van der Waals surface area (Å²) in [6.45, 7) is 1.88. The Labute approximate surface area is 144 Å². The average molecular weight is 335 g/mol. The van der Waals surface area contributed by atoms with E-state index in [1.807, 2.05) is 37.3 Å². The summed E-state index contributed by atoms with van der Waals surface area (Å²) in [7, 11) is 0. The van der Waals surface area contributed by atoms with Crippen molar-refractivity contribution in [2.24, 2.45) is 4.99 Å². The van der Waals surface area contributed by atoms with E-state index in [-0.39, 0.29) is 11.4 Å². The highest BCUT2D eigenvalue weighted by atomic mass is 19.1. The van der Waals surface area contributed by atoms with Gasteiger partial charge in [-0.05, 0) is 44.0 Å². The maximum Gasteiger partial charge on any atom is 0.280 e. The van der Waals surface area contributed by atoms with Crippen molar-refractivity contribution in [3.05, 3.63) is 76.3 Å². The van der Waals surface area contributed by atoms with E-state index in [1.165, 1.54) is 16.8 Å². The number of aliphatic imine (C=N–C) groups is 1. The molecular formula is C20H18FN3O. The summed E-state index contributed by atoms with van der Waals surface area (Å²) in [6.07, 6.45) is 2.16. The number of rotatable bonds is 4. The van der Waals surface area contributed by atoms with Crippen molar-refractivity contribution in [2.75, 3.05) is 0 Å². The Morgan fingerprint density at radius 3 is 2.44 bits per heavy atom. The zero-order chi connectivity index (χ0) is 17.4. The summed E-state index contributed by atoms with van der Waals surface area (Å²) < 4.78 is 14.7. The standard InChI is InChI=1S/C20H18FN3O/c1-13(22-16-9-10-16)18-19(14-5-3-2-4-6-14)23-24(20(18)25)17-11-7-15(21)8-12-17/h2-8,11-12,16,23H,9-10H2,1H3. The van der Waals surface area contributed by atoms with Crippen LogP contribution >= 0.6 is 0 Å². The van der Waals surface area contributed by atoms with E-state index in [2.05, 4.69) is 10.1 Å². The third-order valence-electron chi connectivity index (χ3n) is 4.32. The van der Waals surface area contributed by atoms with Gasteiger partial charge in [-0.1, -0.05) is 30.3 Å². The third-order valence-corrected chi connectivity index (χ3v) is 4.32. The quantitative estimate of drug-likeness (QED) is 0.721. The fourth-order valence-electron chi connectivity index (χ4n) is 2.90. The number of benzene rings is 2. The molecule has 5 heteroatoms. The lowest BCUT2D eigenvalue weighted by Crippen LogP contribution is -2.19. The van der Waals surface area contributed by atoms with Gasteiger partial charge >= 0.3 is 0 Å². The molecule has 1 fully saturated rings. The molecule has 4 rings (SSSR count). The molecule has 0 radical (unpaired) electrons. The van der Waals surface area contributed by atoms with Gasteiger partial charge in [0, 0.05) is 11.3 Å². The number of nitrogens with zero attached hydrogens (tertiary/aromatic N) is 2. The fourth-order valence-corrected chi connectivity index (χ4v) is 2.90. The molecule has 0 spiro atoms. The van der Waals surface area contributed by atoms with Gasteiger partial charge in [-0.3, -0.25) is 14.9 Å². The van der Waals surface area contributed by atoms with Crippen LogP contribution in [0.4, 0.5) is 4.39 Å². The Morgan fingerprint density at radius 1 is 1.12 bits per heavy atom. The van der Waals surface area contributed by atoms with Crippen molar-refractivity contribution >= 4 is 5.71 Å². The van der Waals surface area contributed by atoms with Crippen molar-refractivity contribution in [3.63, 3.8) is 0 Å². The van der Waals surface area contributed by atoms with E-state index in [0.29, 0.717) is 17.3 Å². The number of aromatic nitrogens is 2. The van der Waals surface area contributed by atoms with E-state index in [0.717, 1.165) is 29.8 Å². The van der Waals surface area contributed by atoms with Gasteiger partial charge in [0.15, 0.2) is 0 Å². The highest BCUT2D eigenvalue weighted by Gasteiger charge is 2.24. The number of hydrogen-bond acceptors (Lipinski definition) is 2. The first-order valence-corrected chi connectivity index (χ1v) is 8.34. The van der Waals surface area contributed by atoms with E-state index in [4.69, 9.17) is 0 Å². The predicted octanol–water partition coefficient (Wildman–Crippen LogP) is 3.94. The van der Waals surface area contributed by atoms with Crippen LogP contribution in [0.2, 0.25) is 0 Å². The largest absolute Gasteiger partial charge is 0.290 e. The molecule has 2 aromatic carbocycles. The van der Waals surface area contributed by atoms with Crippen LogP contribution in [-0.2, 0) is 0 Å². The summed E-state index contributed by atoms with van der Waals surface area (Å²) in [6, 6.07) is 15.9.